The van der Waals surface area contributed by atoms with Crippen molar-refractivity contribution < 1.29 is 4.79 Å². The van der Waals surface area contributed by atoms with Crippen LogP contribution in [-0.4, -0.2) is 15.6 Å². The number of Topliss-reactive ketones (excluding diaryl/α,β-unsaturated/α-hetero) is 1. The van der Waals surface area contributed by atoms with E-state index in [1.165, 1.54) is 0 Å². The van der Waals surface area contributed by atoms with Gasteiger partial charge in [0.1, 0.15) is 10.9 Å². The standard InChI is InChI=1S/C15H17ClN2O/c1-10(12-7-5-4-6-8-12)14(19)9-13-11(2)17-18(3)15(13)16/h4-8,10H,9H2,1-3H3. The summed E-state index contributed by atoms with van der Waals surface area (Å²) in [5.74, 6) is 0.0288. The van der Waals surface area contributed by atoms with Crippen molar-refractivity contribution in [1.82, 2.24) is 9.78 Å². The highest BCUT2D eigenvalue weighted by molar-refractivity contribution is 6.30. The van der Waals surface area contributed by atoms with E-state index in [9.17, 15) is 4.79 Å². The van der Waals surface area contributed by atoms with Gasteiger partial charge in [0.2, 0.25) is 0 Å². The van der Waals surface area contributed by atoms with E-state index < -0.39 is 0 Å². The van der Waals surface area contributed by atoms with Crippen molar-refractivity contribution in [1.29, 1.82) is 0 Å². The third-order valence-corrected chi connectivity index (χ3v) is 3.88. The summed E-state index contributed by atoms with van der Waals surface area (Å²) in [6.07, 6.45) is 0.328. The molecule has 1 atom stereocenters. The zero-order chi connectivity index (χ0) is 14.0. The number of hydrogen-bond donors (Lipinski definition) is 0. The van der Waals surface area contributed by atoms with Gasteiger partial charge >= 0.3 is 0 Å². The molecule has 3 nitrogen and oxygen atoms in total. The Hall–Kier alpha value is -1.61. The van der Waals surface area contributed by atoms with E-state index in [1.54, 1.807) is 11.7 Å². The second kappa shape index (κ2) is 5.57. The van der Waals surface area contributed by atoms with Crippen LogP contribution in [0.3, 0.4) is 0 Å². The van der Waals surface area contributed by atoms with E-state index in [-0.39, 0.29) is 11.7 Å². The summed E-state index contributed by atoms with van der Waals surface area (Å²) in [6, 6.07) is 9.78. The van der Waals surface area contributed by atoms with Gasteiger partial charge in [-0.05, 0) is 12.5 Å². The summed E-state index contributed by atoms with van der Waals surface area (Å²) in [4.78, 5) is 12.3. The number of carbonyl (C=O) groups excluding carboxylic acids is 1. The first-order chi connectivity index (χ1) is 9.00. The first-order valence-electron chi connectivity index (χ1n) is 6.26. The van der Waals surface area contributed by atoms with Crippen LogP contribution in [-0.2, 0) is 18.3 Å². The van der Waals surface area contributed by atoms with E-state index in [1.807, 2.05) is 44.2 Å². The maximum atomic E-state index is 12.3. The highest BCUT2D eigenvalue weighted by Crippen LogP contribution is 2.23. The lowest BCUT2D eigenvalue weighted by atomic mass is 9.93. The molecule has 0 saturated carbocycles. The maximum absolute atomic E-state index is 12.3. The van der Waals surface area contributed by atoms with Crippen molar-refractivity contribution in [2.75, 3.05) is 0 Å². The van der Waals surface area contributed by atoms with Crippen molar-refractivity contribution in [2.24, 2.45) is 7.05 Å². The fourth-order valence-corrected chi connectivity index (χ4v) is 2.37. The van der Waals surface area contributed by atoms with Crippen LogP contribution in [0.15, 0.2) is 30.3 Å². The van der Waals surface area contributed by atoms with Crippen molar-refractivity contribution in [3.05, 3.63) is 52.3 Å². The second-order valence-corrected chi connectivity index (χ2v) is 5.11. The number of aromatic nitrogens is 2. The largest absolute Gasteiger partial charge is 0.299 e. The van der Waals surface area contributed by atoms with Gasteiger partial charge in [0.15, 0.2) is 0 Å². The number of carbonyl (C=O) groups is 1. The number of nitrogens with zero attached hydrogens (tertiary/aromatic N) is 2. The molecule has 0 aliphatic heterocycles. The zero-order valence-corrected chi connectivity index (χ0v) is 12.1. The quantitative estimate of drug-likeness (QED) is 0.859. The van der Waals surface area contributed by atoms with Gasteiger partial charge in [-0.3, -0.25) is 9.48 Å². The van der Waals surface area contributed by atoms with Crippen molar-refractivity contribution >= 4 is 17.4 Å². The highest BCUT2D eigenvalue weighted by Gasteiger charge is 2.20. The van der Waals surface area contributed by atoms with Crippen LogP contribution in [0.4, 0.5) is 0 Å². The minimum atomic E-state index is -0.128. The Morgan fingerprint density at radius 1 is 1.37 bits per heavy atom. The molecule has 0 aliphatic rings. The number of benzene rings is 1. The molecule has 1 heterocycles. The molecule has 0 N–H and O–H groups in total. The number of hydrogen-bond acceptors (Lipinski definition) is 2. The molecule has 0 aliphatic carbocycles. The molecule has 2 rings (SSSR count). The Balaban J connectivity index is 2.18. The zero-order valence-electron chi connectivity index (χ0n) is 11.4. The average Bonchev–Trinajstić information content (AvgIpc) is 2.65. The lowest BCUT2D eigenvalue weighted by Gasteiger charge is -2.10. The number of rotatable bonds is 4. The summed E-state index contributed by atoms with van der Waals surface area (Å²) in [7, 11) is 1.78. The molecule has 100 valence electrons. The SMILES string of the molecule is Cc1nn(C)c(Cl)c1CC(=O)C(C)c1ccccc1. The molecule has 19 heavy (non-hydrogen) atoms. The number of halogens is 1. The fraction of sp³-hybridized carbons (Fsp3) is 0.333. The maximum Gasteiger partial charge on any atom is 0.144 e. The highest BCUT2D eigenvalue weighted by atomic mass is 35.5. The predicted molar refractivity (Wildman–Crippen MR) is 76.5 cm³/mol. The van der Waals surface area contributed by atoms with E-state index in [4.69, 9.17) is 11.6 Å². The van der Waals surface area contributed by atoms with Crippen LogP contribution in [0, 0.1) is 6.92 Å². The van der Waals surface area contributed by atoms with Crippen LogP contribution in [0.1, 0.15) is 29.7 Å². The van der Waals surface area contributed by atoms with Gasteiger partial charge in [-0.2, -0.15) is 5.10 Å². The minimum absolute atomic E-state index is 0.128. The smallest absolute Gasteiger partial charge is 0.144 e. The van der Waals surface area contributed by atoms with Gasteiger partial charge in [0.25, 0.3) is 0 Å². The van der Waals surface area contributed by atoms with Crippen LogP contribution < -0.4 is 0 Å². The molecular formula is C15H17ClN2O. The van der Waals surface area contributed by atoms with E-state index in [2.05, 4.69) is 5.10 Å². The van der Waals surface area contributed by atoms with Crippen molar-refractivity contribution in [2.45, 2.75) is 26.2 Å². The summed E-state index contributed by atoms with van der Waals surface area (Å²) in [5, 5.41) is 4.78. The van der Waals surface area contributed by atoms with E-state index in [0.717, 1.165) is 16.8 Å². The third kappa shape index (κ3) is 2.87. The minimum Gasteiger partial charge on any atom is -0.299 e. The number of aryl methyl sites for hydroxylation is 2. The summed E-state index contributed by atoms with van der Waals surface area (Å²) in [6.45, 7) is 3.80. The molecule has 1 unspecified atom stereocenters. The van der Waals surface area contributed by atoms with Gasteiger partial charge in [0.05, 0.1) is 5.69 Å². The molecule has 0 amide bonds. The Kier molecular flexibility index (Phi) is 4.05. The monoisotopic (exact) mass is 276 g/mol. The Morgan fingerprint density at radius 2 is 2.00 bits per heavy atom. The Labute approximate surface area is 118 Å². The lowest BCUT2D eigenvalue weighted by Crippen LogP contribution is -2.12. The topological polar surface area (TPSA) is 34.9 Å². The van der Waals surface area contributed by atoms with Gasteiger partial charge in [-0.1, -0.05) is 48.9 Å². The summed E-state index contributed by atoms with van der Waals surface area (Å²) in [5.41, 5.74) is 2.68. The summed E-state index contributed by atoms with van der Waals surface area (Å²) < 4.78 is 1.60. The molecule has 1 aromatic carbocycles. The molecule has 0 bridgehead atoms. The van der Waals surface area contributed by atoms with E-state index in [0.29, 0.717) is 11.6 Å². The molecule has 0 radical (unpaired) electrons. The third-order valence-electron chi connectivity index (χ3n) is 3.40. The van der Waals surface area contributed by atoms with Crippen LogP contribution in [0.25, 0.3) is 0 Å². The predicted octanol–water partition coefficient (Wildman–Crippen LogP) is 3.30. The first-order valence-corrected chi connectivity index (χ1v) is 6.64. The average molecular weight is 277 g/mol. The molecular weight excluding hydrogens is 260 g/mol. The van der Waals surface area contributed by atoms with Crippen LogP contribution in [0.2, 0.25) is 5.15 Å². The molecule has 0 fully saturated rings. The second-order valence-electron chi connectivity index (χ2n) is 4.75. The first kappa shape index (κ1) is 13.8. The normalized spacial score (nSPS) is 12.4. The molecule has 4 heteroatoms. The Bertz CT molecular complexity index is 590. The Morgan fingerprint density at radius 3 is 2.53 bits per heavy atom. The van der Waals surface area contributed by atoms with Crippen LogP contribution in [0.5, 0.6) is 0 Å². The van der Waals surface area contributed by atoms with Crippen molar-refractivity contribution in [3.63, 3.8) is 0 Å². The molecule has 0 spiro atoms. The molecule has 2 aromatic rings. The molecule has 0 saturated heterocycles. The van der Waals surface area contributed by atoms with Crippen LogP contribution >= 0.6 is 11.6 Å². The van der Waals surface area contributed by atoms with E-state index >= 15 is 0 Å². The lowest BCUT2D eigenvalue weighted by molar-refractivity contribution is -0.119. The fourth-order valence-electron chi connectivity index (χ4n) is 2.13. The van der Waals surface area contributed by atoms with Crippen molar-refractivity contribution in [3.8, 4) is 0 Å². The van der Waals surface area contributed by atoms with Gasteiger partial charge in [-0.25, -0.2) is 0 Å². The summed E-state index contributed by atoms with van der Waals surface area (Å²) >= 11 is 6.16. The molecule has 1 aromatic heterocycles. The van der Waals surface area contributed by atoms with Gasteiger partial charge in [-0.15, -0.1) is 0 Å². The van der Waals surface area contributed by atoms with Gasteiger partial charge < -0.3 is 0 Å². The number of ketones is 1. The van der Waals surface area contributed by atoms with Gasteiger partial charge in [0, 0.05) is 24.9 Å².